The number of halogens is 5. The third-order valence-corrected chi connectivity index (χ3v) is 2.63. The highest BCUT2D eigenvalue weighted by Crippen LogP contribution is 2.28. The minimum atomic E-state index is -4.82. The molecule has 112 valence electrons. The summed E-state index contributed by atoms with van der Waals surface area (Å²) in [5.74, 6) is -5.50. The van der Waals surface area contributed by atoms with E-state index in [0.717, 1.165) is 12.1 Å². The Kier molecular flexibility index (Phi) is 4.74. The molecule has 1 unspecified atom stereocenters. The van der Waals surface area contributed by atoms with Crippen LogP contribution in [-0.2, 0) is 0 Å². The van der Waals surface area contributed by atoms with Gasteiger partial charge in [0.15, 0.2) is 11.7 Å². The highest BCUT2D eigenvalue weighted by molar-refractivity contribution is 5.83. The van der Waals surface area contributed by atoms with Gasteiger partial charge < -0.3 is 16.3 Å². The first-order valence-corrected chi connectivity index (χ1v) is 5.41. The summed E-state index contributed by atoms with van der Waals surface area (Å²) in [6.45, 7) is 0.376. The number of nitrogens with two attached hydrogens (primary N) is 1. The Morgan fingerprint density at radius 3 is 2.50 bits per heavy atom. The predicted molar refractivity (Wildman–Crippen MR) is 62.5 cm³/mol. The van der Waals surface area contributed by atoms with Crippen molar-refractivity contribution >= 4 is 11.5 Å². The summed E-state index contributed by atoms with van der Waals surface area (Å²) in [5, 5.41) is 12.6. The van der Waals surface area contributed by atoms with Gasteiger partial charge in [-0.3, -0.25) is 0 Å². The molecule has 20 heavy (non-hydrogen) atoms. The minimum absolute atomic E-state index is 0.0706. The molecule has 0 saturated carbocycles. The maximum atomic E-state index is 13.6. The molecule has 4 N–H and O–H groups in total. The van der Waals surface area contributed by atoms with Gasteiger partial charge in [-0.1, -0.05) is 11.2 Å². The summed E-state index contributed by atoms with van der Waals surface area (Å²) in [6, 6.07) is 2.08. The van der Waals surface area contributed by atoms with Gasteiger partial charge in [-0.05, 0) is 18.6 Å². The lowest BCUT2D eigenvalue weighted by Gasteiger charge is -2.20. The third-order valence-electron chi connectivity index (χ3n) is 2.63. The average Bonchev–Trinajstić information content (AvgIpc) is 2.36. The van der Waals surface area contributed by atoms with Crippen LogP contribution >= 0.6 is 0 Å². The summed E-state index contributed by atoms with van der Waals surface area (Å²) < 4.78 is 64.9. The van der Waals surface area contributed by atoms with Crippen LogP contribution in [0.15, 0.2) is 17.3 Å². The number of oxime groups is 1. The Morgan fingerprint density at radius 1 is 1.40 bits per heavy atom. The Balaban J connectivity index is 2.97. The van der Waals surface area contributed by atoms with Crippen LogP contribution in [0.3, 0.4) is 0 Å². The number of amidine groups is 1. The van der Waals surface area contributed by atoms with Crippen LogP contribution in [-0.4, -0.2) is 23.8 Å². The van der Waals surface area contributed by atoms with Crippen LogP contribution in [0, 0.1) is 24.5 Å². The second kappa shape index (κ2) is 5.93. The number of benzene rings is 1. The van der Waals surface area contributed by atoms with Crippen molar-refractivity contribution in [1.82, 2.24) is 0 Å². The van der Waals surface area contributed by atoms with Crippen molar-refractivity contribution in [2.45, 2.75) is 13.1 Å². The van der Waals surface area contributed by atoms with E-state index in [-0.39, 0.29) is 5.56 Å². The molecule has 1 aromatic rings. The largest absolute Gasteiger partial charge is 0.409 e. The van der Waals surface area contributed by atoms with Gasteiger partial charge in [0.25, 0.3) is 0 Å². The third kappa shape index (κ3) is 3.49. The summed E-state index contributed by atoms with van der Waals surface area (Å²) in [4.78, 5) is 0. The molecule has 0 aromatic heterocycles. The summed E-state index contributed by atoms with van der Waals surface area (Å²) >= 11 is 0. The summed E-state index contributed by atoms with van der Waals surface area (Å²) in [7, 11) is 0. The van der Waals surface area contributed by atoms with Gasteiger partial charge in [0.05, 0.1) is 0 Å². The van der Waals surface area contributed by atoms with E-state index < -0.39 is 41.8 Å². The van der Waals surface area contributed by atoms with Crippen LogP contribution in [0.2, 0.25) is 0 Å². The van der Waals surface area contributed by atoms with Crippen LogP contribution in [0.5, 0.6) is 0 Å². The fourth-order valence-corrected chi connectivity index (χ4v) is 1.48. The molecular weight excluding hydrogens is 285 g/mol. The quantitative estimate of drug-likeness (QED) is 0.263. The zero-order valence-corrected chi connectivity index (χ0v) is 10.3. The van der Waals surface area contributed by atoms with Crippen LogP contribution in [0.25, 0.3) is 0 Å². The fourth-order valence-electron chi connectivity index (χ4n) is 1.48. The van der Waals surface area contributed by atoms with E-state index in [2.05, 4.69) is 5.16 Å². The zero-order valence-electron chi connectivity index (χ0n) is 10.3. The normalized spacial score (nSPS) is 14.2. The van der Waals surface area contributed by atoms with Gasteiger partial charge in [0.2, 0.25) is 0 Å². The van der Waals surface area contributed by atoms with Crippen molar-refractivity contribution in [2.75, 3.05) is 11.9 Å². The lowest BCUT2D eigenvalue weighted by molar-refractivity contribution is -0.152. The van der Waals surface area contributed by atoms with Crippen molar-refractivity contribution < 1.29 is 27.2 Å². The Bertz CT molecular complexity index is 516. The number of hydrogen-bond acceptors (Lipinski definition) is 3. The fraction of sp³-hybridized carbons (Fsp3) is 0.364. The molecule has 4 nitrogen and oxygen atoms in total. The smallest absolute Gasteiger partial charge is 0.400 e. The second-order valence-corrected chi connectivity index (χ2v) is 4.05. The van der Waals surface area contributed by atoms with E-state index >= 15 is 0 Å². The van der Waals surface area contributed by atoms with Crippen molar-refractivity contribution in [1.29, 1.82) is 0 Å². The number of rotatable bonds is 4. The number of anilines is 1. The van der Waals surface area contributed by atoms with E-state index in [1.165, 1.54) is 6.92 Å². The van der Waals surface area contributed by atoms with Crippen molar-refractivity contribution in [2.24, 2.45) is 16.8 Å². The van der Waals surface area contributed by atoms with Crippen LogP contribution < -0.4 is 11.1 Å². The molecule has 9 heteroatoms. The highest BCUT2D eigenvalue weighted by Gasteiger charge is 2.42. The molecule has 1 aromatic carbocycles. The molecule has 0 saturated heterocycles. The molecule has 0 aliphatic heterocycles. The molecule has 1 rings (SSSR count). The van der Waals surface area contributed by atoms with Crippen LogP contribution in [0.1, 0.15) is 5.56 Å². The minimum Gasteiger partial charge on any atom is -0.409 e. The Labute approximate surface area is 111 Å². The first kappa shape index (κ1) is 16.0. The molecule has 0 aliphatic rings. The molecule has 0 fully saturated rings. The van der Waals surface area contributed by atoms with E-state index in [9.17, 15) is 22.0 Å². The van der Waals surface area contributed by atoms with Gasteiger partial charge in [0, 0.05) is 6.54 Å². The van der Waals surface area contributed by atoms with E-state index in [4.69, 9.17) is 10.9 Å². The number of alkyl halides is 3. The molecule has 1 atom stereocenters. The average molecular weight is 297 g/mol. The van der Waals surface area contributed by atoms with Crippen molar-refractivity contribution in [3.05, 3.63) is 29.3 Å². The SMILES string of the molecule is Cc1ccc(F)c(NCC(/C(N)=N/O)C(F)(F)F)c1F. The standard InChI is InChI=1S/C11H12F5N3O/c1-5-2-3-7(12)9(8(5)13)18-4-6(10(17)19-20)11(14,15)16/h2-3,6,18,20H,4H2,1H3,(H2,17,19). The molecular formula is C11H12F5N3O. The van der Waals surface area contributed by atoms with Gasteiger partial charge in [0.1, 0.15) is 17.4 Å². The Morgan fingerprint density at radius 2 is 2.00 bits per heavy atom. The highest BCUT2D eigenvalue weighted by atomic mass is 19.4. The van der Waals surface area contributed by atoms with Gasteiger partial charge in [-0.15, -0.1) is 0 Å². The van der Waals surface area contributed by atoms with E-state index in [1.807, 2.05) is 5.32 Å². The molecule has 0 heterocycles. The monoisotopic (exact) mass is 297 g/mol. The van der Waals surface area contributed by atoms with E-state index in [1.54, 1.807) is 0 Å². The van der Waals surface area contributed by atoms with Crippen molar-refractivity contribution in [3.8, 4) is 0 Å². The second-order valence-electron chi connectivity index (χ2n) is 4.05. The molecule has 0 amide bonds. The van der Waals surface area contributed by atoms with Crippen LogP contribution in [0.4, 0.5) is 27.6 Å². The molecule has 0 bridgehead atoms. The first-order valence-electron chi connectivity index (χ1n) is 5.41. The molecule has 0 aliphatic carbocycles. The molecule has 0 radical (unpaired) electrons. The number of aryl methyl sites for hydroxylation is 1. The van der Waals surface area contributed by atoms with Gasteiger partial charge >= 0.3 is 6.18 Å². The topological polar surface area (TPSA) is 70.6 Å². The summed E-state index contributed by atoms with van der Waals surface area (Å²) in [6.07, 6.45) is -4.82. The zero-order chi connectivity index (χ0) is 15.5. The number of hydrogen-bond donors (Lipinski definition) is 3. The number of nitrogens with one attached hydrogen (secondary N) is 1. The lowest BCUT2D eigenvalue weighted by Crippen LogP contribution is -2.40. The maximum absolute atomic E-state index is 13.6. The van der Waals surface area contributed by atoms with Crippen molar-refractivity contribution in [3.63, 3.8) is 0 Å². The predicted octanol–water partition coefficient (Wildman–Crippen LogP) is 2.61. The first-order chi connectivity index (χ1) is 9.18. The summed E-state index contributed by atoms with van der Waals surface area (Å²) in [5.41, 5.74) is 4.31. The van der Waals surface area contributed by atoms with Gasteiger partial charge in [-0.25, -0.2) is 8.78 Å². The molecule has 0 spiro atoms. The van der Waals surface area contributed by atoms with Gasteiger partial charge in [-0.2, -0.15) is 13.2 Å². The van der Waals surface area contributed by atoms with E-state index in [0.29, 0.717) is 0 Å². The lowest BCUT2D eigenvalue weighted by atomic mass is 10.1. The number of nitrogens with zero attached hydrogens (tertiary/aromatic N) is 1. The maximum Gasteiger partial charge on any atom is 0.400 e. The Hall–Kier alpha value is -2.06.